The number of carboxylic acid groups (broad SMARTS) is 1. The topological polar surface area (TPSA) is 75.1 Å². The fourth-order valence-corrected chi connectivity index (χ4v) is 2.98. The summed E-state index contributed by atoms with van der Waals surface area (Å²) in [4.78, 5) is 19.6. The summed E-state index contributed by atoms with van der Waals surface area (Å²) in [5.74, 6) is 0.150. The fourth-order valence-electron chi connectivity index (χ4n) is 2.20. The van der Waals surface area contributed by atoms with E-state index < -0.39 is 11.5 Å². The Balaban J connectivity index is 1.80. The number of nitrogens with zero attached hydrogens (tertiary/aromatic N) is 2. The smallest absolute Gasteiger partial charge is 0.323 e. The third kappa shape index (κ3) is 4.18. The van der Waals surface area contributed by atoms with Crippen molar-refractivity contribution in [1.29, 1.82) is 0 Å². The highest BCUT2D eigenvalue weighted by Crippen LogP contribution is 2.28. The third-order valence-corrected chi connectivity index (χ3v) is 4.65. The number of carbonyl (C=O) groups is 1. The van der Waals surface area contributed by atoms with Crippen molar-refractivity contribution >= 4 is 17.7 Å². The van der Waals surface area contributed by atoms with Crippen LogP contribution in [0.2, 0.25) is 0 Å². The molecule has 1 atom stereocenters. The molecule has 1 aromatic rings. The van der Waals surface area contributed by atoms with Crippen molar-refractivity contribution in [3.05, 3.63) is 18.6 Å². The summed E-state index contributed by atoms with van der Waals surface area (Å²) in [7, 11) is 0. The second kappa shape index (κ2) is 7.04. The molecule has 6 heteroatoms. The Bertz CT molecular complexity index is 439. The highest BCUT2D eigenvalue weighted by atomic mass is 32.2. The molecule has 1 aromatic heterocycles. The van der Waals surface area contributed by atoms with Crippen LogP contribution in [0.25, 0.3) is 0 Å². The Labute approximate surface area is 123 Å². The van der Waals surface area contributed by atoms with Gasteiger partial charge in [0.2, 0.25) is 0 Å². The first-order chi connectivity index (χ1) is 9.66. The van der Waals surface area contributed by atoms with E-state index in [-0.39, 0.29) is 0 Å². The Morgan fingerprint density at radius 3 is 2.95 bits per heavy atom. The first kappa shape index (κ1) is 15.3. The van der Waals surface area contributed by atoms with Gasteiger partial charge in [-0.25, -0.2) is 9.97 Å². The van der Waals surface area contributed by atoms with E-state index in [1.54, 1.807) is 18.0 Å². The molecule has 0 radical (unpaired) electrons. The van der Waals surface area contributed by atoms with Crippen LogP contribution in [0.3, 0.4) is 0 Å². The molecule has 2 N–H and O–H groups in total. The number of thioether (sulfide) groups is 1. The van der Waals surface area contributed by atoms with Crippen molar-refractivity contribution in [1.82, 2.24) is 15.3 Å². The van der Waals surface area contributed by atoms with Crippen LogP contribution in [0.4, 0.5) is 0 Å². The molecule has 110 valence electrons. The highest BCUT2D eigenvalue weighted by molar-refractivity contribution is 7.99. The highest BCUT2D eigenvalue weighted by Gasteiger charge is 2.40. The van der Waals surface area contributed by atoms with Crippen molar-refractivity contribution in [3.8, 4) is 0 Å². The normalized spacial score (nSPS) is 17.6. The first-order valence-electron chi connectivity index (χ1n) is 7.06. The van der Waals surface area contributed by atoms with E-state index in [0.717, 1.165) is 30.0 Å². The zero-order chi connectivity index (χ0) is 14.4. The minimum atomic E-state index is -0.757. The number of nitrogens with one attached hydrogen (secondary N) is 1. The van der Waals surface area contributed by atoms with Gasteiger partial charge in [-0.1, -0.05) is 6.92 Å². The zero-order valence-corrected chi connectivity index (χ0v) is 12.5. The van der Waals surface area contributed by atoms with Crippen LogP contribution >= 0.6 is 11.8 Å². The number of aromatic nitrogens is 2. The summed E-state index contributed by atoms with van der Waals surface area (Å²) in [6.45, 7) is 1.95. The van der Waals surface area contributed by atoms with E-state index in [4.69, 9.17) is 0 Å². The third-order valence-electron chi connectivity index (χ3n) is 3.62. The van der Waals surface area contributed by atoms with E-state index in [0.29, 0.717) is 18.9 Å². The Morgan fingerprint density at radius 2 is 2.40 bits per heavy atom. The van der Waals surface area contributed by atoms with Gasteiger partial charge in [-0.05, 0) is 43.9 Å². The summed E-state index contributed by atoms with van der Waals surface area (Å²) in [5.41, 5.74) is -0.757. The molecule has 1 unspecified atom stereocenters. The number of hydrogen-bond donors (Lipinski definition) is 2. The molecule has 1 saturated carbocycles. The predicted molar refractivity (Wildman–Crippen MR) is 78.8 cm³/mol. The largest absolute Gasteiger partial charge is 0.480 e. The van der Waals surface area contributed by atoms with E-state index in [1.807, 2.05) is 13.0 Å². The van der Waals surface area contributed by atoms with Crippen LogP contribution in [0.15, 0.2) is 23.6 Å². The van der Waals surface area contributed by atoms with E-state index in [1.165, 1.54) is 6.33 Å². The van der Waals surface area contributed by atoms with Gasteiger partial charge in [0, 0.05) is 12.2 Å². The van der Waals surface area contributed by atoms with E-state index in [2.05, 4.69) is 15.3 Å². The van der Waals surface area contributed by atoms with Crippen LogP contribution < -0.4 is 5.32 Å². The molecule has 0 bridgehead atoms. The lowest BCUT2D eigenvalue weighted by Crippen LogP contribution is -2.52. The molecule has 0 amide bonds. The summed E-state index contributed by atoms with van der Waals surface area (Å²) < 4.78 is 0. The van der Waals surface area contributed by atoms with Gasteiger partial charge in [0.05, 0.1) is 5.03 Å². The first-order valence-corrected chi connectivity index (χ1v) is 8.05. The summed E-state index contributed by atoms with van der Waals surface area (Å²) in [5, 5.41) is 13.8. The van der Waals surface area contributed by atoms with Gasteiger partial charge in [0.15, 0.2) is 0 Å². The average molecular weight is 295 g/mol. The minimum Gasteiger partial charge on any atom is -0.480 e. The molecule has 20 heavy (non-hydrogen) atoms. The molecule has 0 saturated heterocycles. The quantitative estimate of drug-likeness (QED) is 0.414. The average Bonchev–Trinajstić information content (AvgIpc) is 3.27. The van der Waals surface area contributed by atoms with Crippen molar-refractivity contribution < 1.29 is 9.90 Å². The van der Waals surface area contributed by atoms with Gasteiger partial charge in [-0.15, -0.1) is 11.8 Å². The summed E-state index contributed by atoms with van der Waals surface area (Å²) in [6, 6.07) is 2.28. The number of carboxylic acids is 1. The predicted octanol–water partition coefficient (Wildman–Crippen LogP) is 2.33. The molecule has 2 rings (SSSR count). The maximum absolute atomic E-state index is 11.6. The van der Waals surface area contributed by atoms with Gasteiger partial charge in [-0.3, -0.25) is 10.1 Å². The van der Waals surface area contributed by atoms with Crippen LogP contribution in [0.1, 0.15) is 39.0 Å². The van der Waals surface area contributed by atoms with Gasteiger partial charge < -0.3 is 5.11 Å². The molecule has 1 aliphatic carbocycles. The molecular formula is C14H21N3O2S. The maximum Gasteiger partial charge on any atom is 0.323 e. The molecule has 1 fully saturated rings. The van der Waals surface area contributed by atoms with Crippen LogP contribution in [-0.4, -0.2) is 38.4 Å². The second-order valence-corrected chi connectivity index (χ2v) is 6.27. The Hall–Kier alpha value is -1.14. The molecule has 5 nitrogen and oxygen atoms in total. The van der Waals surface area contributed by atoms with Crippen LogP contribution in [-0.2, 0) is 4.79 Å². The molecular weight excluding hydrogens is 274 g/mol. The lowest BCUT2D eigenvalue weighted by atomic mass is 9.90. The molecule has 0 aromatic carbocycles. The van der Waals surface area contributed by atoms with Crippen molar-refractivity contribution in [2.24, 2.45) is 0 Å². The molecule has 0 aliphatic heterocycles. The maximum atomic E-state index is 11.6. The fraction of sp³-hybridized carbons (Fsp3) is 0.643. The van der Waals surface area contributed by atoms with Crippen molar-refractivity contribution in [3.63, 3.8) is 0 Å². The van der Waals surface area contributed by atoms with Gasteiger partial charge in [0.1, 0.15) is 11.9 Å². The van der Waals surface area contributed by atoms with Crippen LogP contribution in [0.5, 0.6) is 0 Å². The van der Waals surface area contributed by atoms with Crippen LogP contribution in [0, 0.1) is 0 Å². The molecule has 0 spiro atoms. The summed E-state index contributed by atoms with van der Waals surface area (Å²) in [6.07, 6.45) is 7.59. The zero-order valence-electron chi connectivity index (χ0n) is 11.7. The van der Waals surface area contributed by atoms with Crippen molar-refractivity contribution in [2.75, 3.05) is 5.75 Å². The number of aliphatic carboxylic acids is 1. The molecule has 1 aliphatic rings. The van der Waals surface area contributed by atoms with Crippen molar-refractivity contribution in [2.45, 2.75) is 55.6 Å². The van der Waals surface area contributed by atoms with Gasteiger partial charge >= 0.3 is 5.97 Å². The molecule has 1 heterocycles. The lowest BCUT2D eigenvalue weighted by Gasteiger charge is -2.29. The van der Waals surface area contributed by atoms with E-state index in [9.17, 15) is 9.90 Å². The summed E-state index contributed by atoms with van der Waals surface area (Å²) >= 11 is 1.65. The second-order valence-electron chi connectivity index (χ2n) is 5.16. The standard InChI is InChI=1S/C14H21N3O2S/c1-2-14(13(18)19,17-11-4-5-11)7-3-9-20-12-6-8-15-10-16-12/h6,8,10-11,17H,2-5,7,9H2,1H3,(H,18,19). The lowest BCUT2D eigenvalue weighted by molar-refractivity contribution is -0.145. The number of rotatable bonds is 9. The van der Waals surface area contributed by atoms with Gasteiger partial charge in [0.25, 0.3) is 0 Å². The Kier molecular flexibility index (Phi) is 5.37. The Morgan fingerprint density at radius 1 is 1.60 bits per heavy atom. The van der Waals surface area contributed by atoms with Gasteiger partial charge in [-0.2, -0.15) is 0 Å². The number of hydrogen-bond acceptors (Lipinski definition) is 5. The monoisotopic (exact) mass is 295 g/mol. The SMILES string of the molecule is CCC(CCCSc1ccncn1)(NC1CC1)C(=O)O. The van der Waals surface area contributed by atoms with E-state index >= 15 is 0 Å². The minimum absolute atomic E-state index is 0.403.